The van der Waals surface area contributed by atoms with Crippen molar-refractivity contribution >= 4 is 27.0 Å². The van der Waals surface area contributed by atoms with Gasteiger partial charge in [-0.15, -0.1) is 0 Å². The molecule has 3 rings (SSSR count). The third-order valence-corrected chi connectivity index (χ3v) is 7.77. The minimum absolute atomic E-state index is 0.195. The van der Waals surface area contributed by atoms with Crippen LogP contribution in [0.15, 0.2) is 59.5 Å². The van der Waals surface area contributed by atoms with E-state index < -0.39 is 20.5 Å². The van der Waals surface area contributed by atoms with E-state index in [1.54, 1.807) is 24.3 Å². The van der Waals surface area contributed by atoms with E-state index in [-0.39, 0.29) is 17.5 Å². The van der Waals surface area contributed by atoms with Crippen molar-refractivity contribution in [1.82, 2.24) is 0 Å². The predicted octanol–water partition coefficient (Wildman–Crippen LogP) is 3.24. The Morgan fingerprint density at radius 3 is 2.31 bits per heavy atom. The average Bonchev–Trinajstić information content (AvgIpc) is 3.32. The van der Waals surface area contributed by atoms with E-state index in [4.69, 9.17) is 22.7 Å². The van der Waals surface area contributed by atoms with Crippen molar-refractivity contribution in [1.29, 1.82) is 0 Å². The summed E-state index contributed by atoms with van der Waals surface area (Å²) in [5, 5.41) is -0.718. The summed E-state index contributed by atoms with van der Waals surface area (Å²) >= 11 is 5.33. The van der Waals surface area contributed by atoms with Crippen LogP contribution in [0.5, 0.6) is 0 Å². The van der Waals surface area contributed by atoms with Crippen molar-refractivity contribution in [2.45, 2.75) is 29.9 Å². The second-order valence-electron chi connectivity index (χ2n) is 6.71. The van der Waals surface area contributed by atoms with Gasteiger partial charge in [0.25, 0.3) is 0 Å². The Balaban J connectivity index is 2.09. The minimum Gasteiger partial charge on any atom is -0.393 e. The molecule has 0 saturated heterocycles. The number of hydrogen-bond donors (Lipinski definition) is 1. The van der Waals surface area contributed by atoms with Crippen LogP contribution in [-0.2, 0) is 14.6 Å². The van der Waals surface area contributed by atoms with E-state index in [0.717, 1.165) is 11.1 Å². The Kier molecular flexibility index (Phi) is 5.19. The van der Waals surface area contributed by atoms with Crippen LogP contribution in [0.1, 0.15) is 24.0 Å². The van der Waals surface area contributed by atoms with E-state index in [1.165, 1.54) is 0 Å². The van der Waals surface area contributed by atoms with E-state index in [2.05, 4.69) is 0 Å². The number of ether oxygens (including phenoxy) is 1. The standard InChI is InChI=1S/C20H23NO3S2/c1-3-24-13-20(19(21)25)17(15-7-5-4-6-8-15)18(20)26(22,23)16-11-9-14(2)10-12-16/h4-12,17-18H,3,13H2,1-2H3,(H2,21,25)/t17-,18+,20+/m1/s1. The molecular formula is C20H23NO3S2. The maximum absolute atomic E-state index is 13.4. The summed E-state index contributed by atoms with van der Waals surface area (Å²) in [4.78, 5) is 0.490. The molecule has 2 aromatic carbocycles. The molecule has 1 saturated carbocycles. The maximum atomic E-state index is 13.4. The van der Waals surface area contributed by atoms with Crippen LogP contribution in [0, 0.1) is 12.3 Å². The highest BCUT2D eigenvalue weighted by Gasteiger charge is 2.73. The molecule has 3 atom stereocenters. The molecule has 4 nitrogen and oxygen atoms in total. The molecule has 1 aliphatic carbocycles. The highest BCUT2D eigenvalue weighted by molar-refractivity contribution is 7.92. The Labute approximate surface area is 160 Å². The zero-order valence-electron chi connectivity index (χ0n) is 14.9. The van der Waals surface area contributed by atoms with Crippen LogP contribution >= 0.6 is 12.2 Å². The van der Waals surface area contributed by atoms with Gasteiger partial charge in [0.1, 0.15) is 0 Å². The topological polar surface area (TPSA) is 69.4 Å². The summed E-state index contributed by atoms with van der Waals surface area (Å²) < 4.78 is 32.4. The molecule has 2 N–H and O–H groups in total. The Morgan fingerprint density at radius 1 is 1.15 bits per heavy atom. The fourth-order valence-corrected chi connectivity index (χ4v) is 6.45. The number of hydrogen-bond acceptors (Lipinski definition) is 4. The third kappa shape index (κ3) is 3.06. The highest BCUT2D eigenvalue weighted by atomic mass is 32.2. The van der Waals surface area contributed by atoms with E-state index in [9.17, 15) is 8.42 Å². The van der Waals surface area contributed by atoms with Gasteiger partial charge in [0.05, 0.1) is 27.2 Å². The minimum atomic E-state index is -3.61. The Bertz CT molecular complexity index is 894. The van der Waals surface area contributed by atoms with Gasteiger partial charge in [-0.3, -0.25) is 0 Å². The van der Waals surface area contributed by atoms with Crippen molar-refractivity contribution in [2.75, 3.05) is 13.2 Å². The fraction of sp³-hybridized carbons (Fsp3) is 0.350. The molecule has 0 radical (unpaired) electrons. The predicted molar refractivity (Wildman–Crippen MR) is 107 cm³/mol. The van der Waals surface area contributed by atoms with Crippen molar-refractivity contribution in [3.05, 3.63) is 65.7 Å². The molecule has 0 aromatic heterocycles. The van der Waals surface area contributed by atoms with Gasteiger partial charge in [-0.05, 0) is 31.5 Å². The number of aryl methyl sites for hydroxylation is 1. The highest BCUT2D eigenvalue weighted by Crippen LogP contribution is 2.64. The lowest BCUT2D eigenvalue weighted by Gasteiger charge is -2.17. The van der Waals surface area contributed by atoms with E-state index >= 15 is 0 Å². The zero-order valence-corrected chi connectivity index (χ0v) is 16.5. The Hall–Kier alpha value is -1.76. The smallest absolute Gasteiger partial charge is 0.182 e. The van der Waals surface area contributed by atoms with Crippen molar-refractivity contribution < 1.29 is 13.2 Å². The van der Waals surface area contributed by atoms with E-state index in [0.29, 0.717) is 11.5 Å². The summed E-state index contributed by atoms with van der Waals surface area (Å²) in [6, 6.07) is 16.5. The van der Waals surface area contributed by atoms with Gasteiger partial charge in [-0.1, -0.05) is 60.2 Å². The van der Waals surface area contributed by atoms with Gasteiger partial charge in [0, 0.05) is 12.5 Å². The van der Waals surface area contributed by atoms with E-state index in [1.807, 2.05) is 44.2 Å². The summed E-state index contributed by atoms with van der Waals surface area (Å²) in [6.07, 6.45) is 0. The largest absolute Gasteiger partial charge is 0.393 e. The molecule has 2 aromatic rings. The maximum Gasteiger partial charge on any atom is 0.182 e. The van der Waals surface area contributed by atoms with Gasteiger partial charge in [-0.25, -0.2) is 8.42 Å². The zero-order chi connectivity index (χ0) is 18.9. The molecular weight excluding hydrogens is 366 g/mol. The lowest BCUT2D eigenvalue weighted by Crippen LogP contribution is -2.33. The van der Waals surface area contributed by atoms with Crippen LogP contribution in [0.3, 0.4) is 0 Å². The lowest BCUT2D eigenvalue weighted by molar-refractivity contribution is 0.121. The molecule has 0 heterocycles. The third-order valence-electron chi connectivity index (χ3n) is 5.10. The summed E-state index contributed by atoms with van der Waals surface area (Å²) in [5.41, 5.74) is 7.12. The van der Waals surface area contributed by atoms with Crippen molar-refractivity contribution in [3.8, 4) is 0 Å². The van der Waals surface area contributed by atoms with Crippen LogP contribution in [0.25, 0.3) is 0 Å². The summed E-state index contributed by atoms with van der Waals surface area (Å²) in [7, 11) is -3.61. The molecule has 0 spiro atoms. The molecule has 0 aliphatic heterocycles. The van der Waals surface area contributed by atoms with Crippen molar-refractivity contribution in [3.63, 3.8) is 0 Å². The SMILES string of the molecule is CCOC[C@]1(C(N)=S)[C@H](c2ccccc2)[C@@H]1S(=O)(=O)c1ccc(C)cc1. The van der Waals surface area contributed by atoms with Crippen LogP contribution in [0.4, 0.5) is 0 Å². The molecule has 1 fully saturated rings. The van der Waals surface area contributed by atoms with Crippen LogP contribution in [0.2, 0.25) is 0 Å². The van der Waals surface area contributed by atoms with Gasteiger partial charge in [0.15, 0.2) is 9.84 Å². The molecule has 138 valence electrons. The summed E-state index contributed by atoms with van der Waals surface area (Å²) in [6.45, 7) is 4.47. The quantitative estimate of drug-likeness (QED) is 0.736. The molecule has 0 bridgehead atoms. The number of rotatable bonds is 7. The molecule has 1 aliphatic rings. The second kappa shape index (κ2) is 7.10. The summed E-state index contributed by atoms with van der Waals surface area (Å²) in [5.74, 6) is -0.306. The Morgan fingerprint density at radius 2 is 1.77 bits per heavy atom. The van der Waals surface area contributed by atoms with Gasteiger partial charge < -0.3 is 10.5 Å². The van der Waals surface area contributed by atoms with Gasteiger partial charge in [-0.2, -0.15) is 0 Å². The fourth-order valence-electron chi connectivity index (χ4n) is 3.68. The average molecular weight is 390 g/mol. The van der Waals surface area contributed by atoms with Gasteiger partial charge >= 0.3 is 0 Å². The number of thiocarbonyl (C=S) groups is 1. The van der Waals surface area contributed by atoms with Crippen molar-refractivity contribution in [2.24, 2.45) is 11.1 Å². The normalized spacial score (nSPS) is 25.0. The number of sulfone groups is 1. The molecule has 0 amide bonds. The first-order valence-electron chi connectivity index (χ1n) is 8.59. The number of benzene rings is 2. The monoisotopic (exact) mass is 389 g/mol. The number of nitrogens with two attached hydrogens (primary N) is 1. The molecule has 6 heteroatoms. The second-order valence-corrected chi connectivity index (χ2v) is 9.22. The first-order valence-corrected chi connectivity index (χ1v) is 10.5. The first-order chi connectivity index (χ1) is 12.4. The molecule has 0 unspecified atom stereocenters. The van der Waals surface area contributed by atoms with Crippen LogP contribution in [-0.4, -0.2) is 31.9 Å². The first kappa shape index (κ1) is 19.0. The molecule has 26 heavy (non-hydrogen) atoms. The lowest BCUT2D eigenvalue weighted by atomic mass is 10.00. The van der Waals surface area contributed by atoms with Gasteiger partial charge in [0.2, 0.25) is 0 Å². The van der Waals surface area contributed by atoms with Crippen LogP contribution < -0.4 is 5.73 Å².